The van der Waals surface area contributed by atoms with E-state index in [0.29, 0.717) is 18.5 Å². The second-order valence-corrected chi connectivity index (χ2v) is 12.6. The highest BCUT2D eigenvalue weighted by atomic mass is 16.5. The van der Waals surface area contributed by atoms with Gasteiger partial charge in [-0.05, 0) is 78.2 Å². The molecule has 6 rings (SSSR count). The molecule has 216 valence electrons. The fourth-order valence-corrected chi connectivity index (χ4v) is 6.94. The molecule has 4 atom stereocenters. The Hall–Kier alpha value is -2.82. The molecule has 40 heavy (non-hydrogen) atoms. The topological polar surface area (TPSA) is 116 Å². The first-order valence-electron chi connectivity index (χ1n) is 14.8. The number of aliphatic hydroxyl groups is 1. The van der Waals surface area contributed by atoms with Gasteiger partial charge in [-0.1, -0.05) is 0 Å². The summed E-state index contributed by atoms with van der Waals surface area (Å²) in [7, 11) is 1.68. The number of hydrogen-bond acceptors (Lipinski definition) is 8. The van der Waals surface area contributed by atoms with E-state index < -0.39 is 5.54 Å². The van der Waals surface area contributed by atoms with Crippen LogP contribution in [-0.4, -0.2) is 73.3 Å². The Bertz CT molecular complexity index is 1350. The summed E-state index contributed by atoms with van der Waals surface area (Å²) in [5, 5.41) is 23.0. The van der Waals surface area contributed by atoms with E-state index in [4.69, 9.17) is 19.7 Å². The monoisotopic (exact) mass is 550 g/mol. The summed E-state index contributed by atoms with van der Waals surface area (Å²) >= 11 is 0. The Labute approximate surface area is 235 Å². The number of aliphatic hydroxyl groups excluding tert-OH is 1. The van der Waals surface area contributed by atoms with Crippen molar-refractivity contribution in [1.82, 2.24) is 24.4 Å². The molecular weight excluding hydrogens is 508 g/mol. The van der Waals surface area contributed by atoms with E-state index in [1.807, 2.05) is 48.6 Å². The van der Waals surface area contributed by atoms with Crippen molar-refractivity contribution in [3.63, 3.8) is 0 Å². The molecule has 2 N–H and O–H groups in total. The Morgan fingerprint density at radius 2 is 1.90 bits per heavy atom. The highest BCUT2D eigenvalue weighted by molar-refractivity contribution is 5.88. The number of ketones is 1. The number of nitrogens with one attached hydrogen (secondary N) is 1. The molecule has 3 aromatic rings. The maximum Gasteiger partial charge on any atom is 0.241 e. The van der Waals surface area contributed by atoms with Crippen LogP contribution in [0, 0.1) is 5.92 Å². The van der Waals surface area contributed by atoms with Gasteiger partial charge < -0.3 is 19.9 Å². The van der Waals surface area contributed by atoms with Crippen LogP contribution in [0.1, 0.15) is 83.7 Å². The number of fused-ring (bicyclic) bond motifs is 3. The maximum atomic E-state index is 13.7. The Morgan fingerprint density at radius 1 is 1.18 bits per heavy atom. The van der Waals surface area contributed by atoms with Gasteiger partial charge in [-0.2, -0.15) is 5.10 Å². The van der Waals surface area contributed by atoms with Crippen LogP contribution < -0.4 is 5.32 Å². The molecule has 0 spiro atoms. The predicted molar refractivity (Wildman–Crippen MR) is 151 cm³/mol. The minimum absolute atomic E-state index is 0.0114. The van der Waals surface area contributed by atoms with E-state index in [0.717, 1.165) is 73.7 Å². The molecule has 1 saturated carbocycles. The van der Waals surface area contributed by atoms with E-state index in [1.54, 1.807) is 7.11 Å². The number of anilines is 1. The summed E-state index contributed by atoms with van der Waals surface area (Å²) < 4.78 is 15.1. The lowest BCUT2D eigenvalue weighted by molar-refractivity contribution is -0.136. The second kappa shape index (κ2) is 10.9. The lowest BCUT2D eigenvalue weighted by Crippen LogP contribution is -2.43. The molecular formula is C30H42N6O4. The number of hydrogen-bond donors (Lipinski definition) is 2. The summed E-state index contributed by atoms with van der Waals surface area (Å²) in [6.45, 7) is 6.53. The highest BCUT2D eigenvalue weighted by Crippen LogP contribution is 2.40. The van der Waals surface area contributed by atoms with Crippen LogP contribution in [0.2, 0.25) is 0 Å². The number of methoxy groups -OCH3 is 1. The number of carbonyl (C=O) groups excluding carboxylic acids is 1. The zero-order chi connectivity index (χ0) is 28.0. The third-order valence-electron chi connectivity index (χ3n) is 9.18. The molecule has 3 aliphatic rings. The molecule has 5 heterocycles. The standard InChI is InChI=1S/C30H42N6O4/c1-18(17-39-4)33-29-31-15-27-25(13-26(36(27)34-29)19-5-7-22(37)8-6-19)21-14-32-35(16-21)30(2,3)28(38)20-11-23-9-10-24(12-20)40-23/h13-16,18-20,22-24,37H,5-12,17H2,1-4H3,(H,33,34)/t18-,19-,20?,22-,23-,24+/m0/s1. The predicted octanol–water partition coefficient (Wildman–Crippen LogP) is 4.32. The van der Waals surface area contributed by atoms with Gasteiger partial charge in [-0.3, -0.25) is 9.48 Å². The van der Waals surface area contributed by atoms with Crippen LogP contribution in [0.25, 0.3) is 16.6 Å². The van der Waals surface area contributed by atoms with E-state index in [1.165, 1.54) is 0 Å². The Kier molecular flexibility index (Phi) is 7.43. The van der Waals surface area contributed by atoms with E-state index in [9.17, 15) is 9.90 Å². The molecule has 0 aromatic carbocycles. The third kappa shape index (κ3) is 5.17. The van der Waals surface area contributed by atoms with Gasteiger partial charge in [0.2, 0.25) is 5.95 Å². The lowest BCUT2D eigenvalue weighted by atomic mass is 9.82. The molecule has 3 aromatic heterocycles. The summed E-state index contributed by atoms with van der Waals surface area (Å²) in [6, 6.07) is 2.26. The first kappa shape index (κ1) is 27.4. The third-order valence-corrected chi connectivity index (χ3v) is 9.18. The minimum Gasteiger partial charge on any atom is -0.393 e. The van der Waals surface area contributed by atoms with Crippen molar-refractivity contribution >= 4 is 17.2 Å². The molecule has 2 saturated heterocycles. The van der Waals surface area contributed by atoms with Crippen molar-refractivity contribution in [2.45, 2.75) is 108 Å². The molecule has 0 amide bonds. The molecule has 0 radical (unpaired) electrons. The molecule has 2 bridgehead atoms. The highest BCUT2D eigenvalue weighted by Gasteiger charge is 2.43. The molecule has 3 fully saturated rings. The normalized spacial score (nSPS) is 27.7. The van der Waals surface area contributed by atoms with E-state index >= 15 is 0 Å². The SMILES string of the molecule is COC[C@H](C)Nc1ncc2c(-c3cnn(C(C)(C)C(=O)C4C[C@H]5CC[C@@H](C4)O5)c3)cc([C@H]3CC[C@H](O)CC3)n2n1. The van der Waals surface area contributed by atoms with Crippen molar-refractivity contribution in [1.29, 1.82) is 0 Å². The van der Waals surface area contributed by atoms with E-state index in [2.05, 4.69) is 16.4 Å². The van der Waals surface area contributed by atoms with Gasteiger partial charge in [0.05, 0.1) is 42.8 Å². The maximum absolute atomic E-state index is 13.7. The van der Waals surface area contributed by atoms with Gasteiger partial charge in [0.1, 0.15) is 5.54 Å². The smallest absolute Gasteiger partial charge is 0.241 e. The van der Waals surface area contributed by atoms with Crippen molar-refractivity contribution in [2.24, 2.45) is 5.92 Å². The van der Waals surface area contributed by atoms with Gasteiger partial charge in [-0.25, -0.2) is 9.50 Å². The quantitative estimate of drug-likeness (QED) is 0.405. The Balaban J connectivity index is 1.32. The average Bonchev–Trinajstić information content (AvgIpc) is 3.66. The number of rotatable bonds is 9. The zero-order valence-electron chi connectivity index (χ0n) is 24.0. The Morgan fingerprint density at radius 3 is 2.60 bits per heavy atom. The number of aromatic nitrogens is 5. The number of ether oxygens (including phenoxy) is 2. The second-order valence-electron chi connectivity index (χ2n) is 12.6. The fourth-order valence-electron chi connectivity index (χ4n) is 6.94. The van der Waals surface area contributed by atoms with Gasteiger partial charge in [-0.15, -0.1) is 5.10 Å². The molecule has 10 heteroatoms. The first-order chi connectivity index (χ1) is 19.2. The molecule has 1 unspecified atom stereocenters. The largest absolute Gasteiger partial charge is 0.393 e. The van der Waals surface area contributed by atoms with Crippen LogP contribution in [0.15, 0.2) is 24.7 Å². The summed E-state index contributed by atoms with van der Waals surface area (Å²) in [4.78, 5) is 18.3. The molecule has 1 aliphatic carbocycles. The lowest BCUT2D eigenvalue weighted by Gasteiger charge is -2.33. The van der Waals surface area contributed by atoms with Crippen LogP contribution in [-0.2, 0) is 19.8 Å². The van der Waals surface area contributed by atoms with Crippen molar-refractivity contribution in [3.05, 3.63) is 30.4 Å². The first-order valence-corrected chi connectivity index (χ1v) is 14.8. The van der Waals surface area contributed by atoms with Crippen LogP contribution in [0.4, 0.5) is 5.95 Å². The van der Waals surface area contributed by atoms with Gasteiger partial charge >= 0.3 is 0 Å². The van der Waals surface area contributed by atoms with Crippen molar-refractivity contribution in [3.8, 4) is 11.1 Å². The summed E-state index contributed by atoms with van der Waals surface area (Å²) in [5.41, 5.74) is 3.18. The number of Topliss-reactive ketones (excluding diaryl/α,β-unsaturated/α-hetero) is 1. The van der Waals surface area contributed by atoms with Crippen molar-refractivity contribution in [2.75, 3.05) is 19.0 Å². The van der Waals surface area contributed by atoms with Gasteiger partial charge in [0.25, 0.3) is 0 Å². The summed E-state index contributed by atoms with van der Waals surface area (Å²) in [6.07, 6.45) is 13.1. The van der Waals surface area contributed by atoms with Gasteiger partial charge in [0.15, 0.2) is 5.78 Å². The number of nitrogens with zero attached hydrogens (tertiary/aromatic N) is 5. The van der Waals surface area contributed by atoms with Crippen LogP contribution in [0.5, 0.6) is 0 Å². The molecule has 10 nitrogen and oxygen atoms in total. The van der Waals surface area contributed by atoms with Crippen LogP contribution >= 0.6 is 0 Å². The fraction of sp³-hybridized carbons (Fsp3) is 0.667. The summed E-state index contributed by atoms with van der Waals surface area (Å²) in [5.74, 6) is 1.08. The number of carbonyl (C=O) groups is 1. The van der Waals surface area contributed by atoms with Gasteiger partial charge in [0, 0.05) is 48.0 Å². The minimum atomic E-state index is -0.761. The van der Waals surface area contributed by atoms with Crippen LogP contribution in [0.3, 0.4) is 0 Å². The molecule has 2 aliphatic heterocycles. The van der Waals surface area contributed by atoms with E-state index in [-0.39, 0.29) is 36.1 Å². The zero-order valence-corrected chi connectivity index (χ0v) is 24.0. The van der Waals surface area contributed by atoms with Crippen molar-refractivity contribution < 1.29 is 19.4 Å². The average molecular weight is 551 g/mol.